The Morgan fingerprint density at radius 1 is 1.29 bits per heavy atom. The van der Waals surface area contributed by atoms with Crippen LogP contribution in [-0.2, 0) is 0 Å². The molecule has 0 spiro atoms. The highest BCUT2D eigenvalue weighted by Crippen LogP contribution is 2.34. The van der Waals surface area contributed by atoms with Crippen LogP contribution in [0.3, 0.4) is 0 Å². The largest absolute Gasteiger partial charge is 0.314 e. The lowest BCUT2D eigenvalue weighted by atomic mass is 9.81. The lowest BCUT2D eigenvalue weighted by Crippen LogP contribution is -2.34. The van der Waals surface area contributed by atoms with Crippen LogP contribution in [0.4, 0.5) is 4.39 Å². The predicted molar refractivity (Wildman–Crippen MR) is 69.7 cm³/mol. The minimum absolute atomic E-state index is 0.0337. The van der Waals surface area contributed by atoms with E-state index in [9.17, 15) is 4.39 Å². The van der Waals surface area contributed by atoms with Crippen molar-refractivity contribution in [1.82, 2.24) is 5.32 Å². The number of hydrogen-bond donors (Lipinski definition) is 1. The van der Waals surface area contributed by atoms with Crippen molar-refractivity contribution in [2.75, 3.05) is 6.54 Å². The summed E-state index contributed by atoms with van der Waals surface area (Å²) in [6.45, 7) is 3.26. The lowest BCUT2D eigenvalue weighted by Gasteiger charge is -2.30. The summed E-state index contributed by atoms with van der Waals surface area (Å²) in [5.74, 6) is 0.368. The van der Waals surface area contributed by atoms with Crippen molar-refractivity contribution in [3.8, 4) is 0 Å². The SMILES string of the molecule is CCCNC1CCCC(c2ccccc2F)C1. The number of nitrogens with one attached hydrogen (secondary N) is 1. The van der Waals surface area contributed by atoms with Crippen LogP contribution in [0.1, 0.15) is 50.5 Å². The first-order valence-electron chi connectivity index (χ1n) is 6.79. The molecule has 1 aliphatic carbocycles. The van der Waals surface area contributed by atoms with Gasteiger partial charge in [0.2, 0.25) is 0 Å². The first kappa shape index (κ1) is 12.6. The fraction of sp³-hybridized carbons (Fsp3) is 0.600. The van der Waals surface area contributed by atoms with E-state index in [-0.39, 0.29) is 5.82 Å². The molecule has 0 heterocycles. The standard InChI is InChI=1S/C15H22FN/c1-2-10-17-13-7-5-6-12(11-13)14-8-3-4-9-15(14)16/h3-4,8-9,12-13,17H,2,5-7,10-11H2,1H3. The van der Waals surface area contributed by atoms with Gasteiger partial charge in [-0.2, -0.15) is 0 Å². The molecule has 94 valence electrons. The van der Waals surface area contributed by atoms with E-state index in [2.05, 4.69) is 12.2 Å². The zero-order valence-corrected chi connectivity index (χ0v) is 10.6. The summed E-state index contributed by atoms with van der Waals surface area (Å²) in [5.41, 5.74) is 0.912. The molecule has 1 aromatic rings. The van der Waals surface area contributed by atoms with Gasteiger partial charge in [-0.15, -0.1) is 0 Å². The summed E-state index contributed by atoms with van der Waals surface area (Å²) >= 11 is 0. The lowest BCUT2D eigenvalue weighted by molar-refractivity contribution is 0.335. The van der Waals surface area contributed by atoms with Gasteiger partial charge in [0.1, 0.15) is 5.82 Å². The fourth-order valence-electron chi connectivity index (χ4n) is 2.81. The van der Waals surface area contributed by atoms with Gasteiger partial charge < -0.3 is 5.32 Å². The Hall–Kier alpha value is -0.890. The van der Waals surface area contributed by atoms with E-state index in [1.54, 1.807) is 12.1 Å². The van der Waals surface area contributed by atoms with Gasteiger partial charge in [-0.1, -0.05) is 31.5 Å². The molecule has 0 bridgehead atoms. The van der Waals surface area contributed by atoms with Crippen molar-refractivity contribution < 1.29 is 4.39 Å². The van der Waals surface area contributed by atoms with E-state index in [0.29, 0.717) is 12.0 Å². The topological polar surface area (TPSA) is 12.0 Å². The van der Waals surface area contributed by atoms with Gasteiger partial charge in [-0.3, -0.25) is 0 Å². The van der Waals surface area contributed by atoms with Gasteiger partial charge in [-0.25, -0.2) is 4.39 Å². The third-order valence-corrected chi connectivity index (χ3v) is 3.70. The first-order chi connectivity index (χ1) is 8.31. The smallest absolute Gasteiger partial charge is 0.126 e. The first-order valence-corrected chi connectivity index (χ1v) is 6.79. The second-order valence-corrected chi connectivity index (χ2v) is 5.04. The van der Waals surface area contributed by atoms with Crippen molar-refractivity contribution in [3.63, 3.8) is 0 Å². The second kappa shape index (κ2) is 6.15. The van der Waals surface area contributed by atoms with Crippen LogP contribution >= 0.6 is 0 Å². The van der Waals surface area contributed by atoms with Crippen molar-refractivity contribution in [2.24, 2.45) is 0 Å². The van der Waals surface area contributed by atoms with Gasteiger partial charge in [0.15, 0.2) is 0 Å². The van der Waals surface area contributed by atoms with E-state index in [0.717, 1.165) is 24.9 Å². The molecule has 1 N–H and O–H groups in total. The molecular formula is C15H22FN. The zero-order chi connectivity index (χ0) is 12.1. The van der Waals surface area contributed by atoms with Crippen LogP contribution < -0.4 is 5.32 Å². The molecule has 2 heteroatoms. The summed E-state index contributed by atoms with van der Waals surface area (Å²) in [6.07, 6.45) is 5.83. The predicted octanol–water partition coefficient (Wildman–Crippen LogP) is 3.85. The van der Waals surface area contributed by atoms with Crippen LogP contribution in [-0.4, -0.2) is 12.6 Å². The molecule has 17 heavy (non-hydrogen) atoms. The van der Waals surface area contributed by atoms with E-state index >= 15 is 0 Å². The number of benzene rings is 1. The van der Waals surface area contributed by atoms with Gasteiger partial charge in [0, 0.05) is 6.04 Å². The molecule has 1 fully saturated rings. The maximum atomic E-state index is 13.7. The number of halogens is 1. The third kappa shape index (κ3) is 3.29. The monoisotopic (exact) mass is 235 g/mol. The summed E-state index contributed by atoms with van der Waals surface area (Å²) in [6, 6.07) is 7.82. The van der Waals surface area contributed by atoms with E-state index in [1.807, 2.05) is 12.1 Å². The number of hydrogen-bond acceptors (Lipinski definition) is 1. The van der Waals surface area contributed by atoms with Crippen LogP contribution in [0.5, 0.6) is 0 Å². The van der Waals surface area contributed by atoms with Gasteiger partial charge in [-0.05, 0) is 49.8 Å². The Morgan fingerprint density at radius 3 is 2.88 bits per heavy atom. The van der Waals surface area contributed by atoms with Crippen molar-refractivity contribution in [3.05, 3.63) is 35.6 Å². The molecule has 2 rings (SSSR count). The Kier molecular flexibility index (Phi) is 4.55. The summed E-state index contributed by atoms with van der Waals surface area (Å²) in [7, 11) is 0. The van der Waals surface area contributed by atoms with Crippen LogP contribution in [0.2, 0.25) is 0 Å². The Morgan fingerprint density at radius 2 is 2.12 bits per heavy atom. The third-order valence-electron chi connectivity index (χ3n) is 3.70. The molecule has 1 saturated carbocycles. The Labute approximate surface area is 103 Å². The second-order valence-electron chi connectivity index (χ2n) is 5.04. The highest BCUT2D eigenvalue weighted by Gasteiger charge is 2.24. The normalized spacial score (nSPS) is 24.8. The van der Waals surface area contributed by atoms with Gasteiger partial charge >= 0.3 is 0 Å². The minimum atomic E-state index is -0.0337. The molecule has 2 unspecified atom stereocenters. The van der Waals surface area contributed by atoms with E-state index in [4.69, 9.17) is 0 Å². The molecule has 1 aromatic carbocycles. The fourth-order valence-corrected chi connectivity index (χ4v) is 2.81. The summed E-state index contributed by atoms with van der Waals surface area (Å²) in [4.78, 5) is 0. The zero-order valence-electron chi connectivity index (χ0n) is 10.6. The summed E-state index contributed by atoms with van der Waals surface area (Å²) < 4.78 is 13.7. The maximum absolute atomic E-state index is 13.7. The highest BCUT2D eigenvalue weighted by molar-refractivity contribution is 5.22. The molecule has 0 saturated heterocycles. The van der Waals surface area contributed by atoms with Crippen LogP contribution in [0.15, 0.2) is 24.3 Å². The Balaban J connectivity index is 1.99. The van der Waals surface area contributed by atoms with Gasteiger partial charge in [0.05, 0.1) is 0 Å². The van der Waals surface area contributed by atoms with E-state index in [1.165, 1.54) is 19.3 Å². The molecule has 1 nitrogen and oxygen atoms in total. The maximum Gasteiger partial charge on any atom is 0.126 e. The van der Waals surface area contributed by atoms with Gasteiger partial charge in [0.25, 0.3) is 0 Å². The van der Waals surface area contributed by atoms with Crippen molar-refractivity contribution in [2.45, 2.75) is 51.0 Å². The summed E-state index contributed by atoms with van der Waals surface area (Å²) in [5, 5.41) is 3.57. The van der Waals surface area contributed by atoms with Crippen LogP contribution in [0.25, 0.3) is 0 Å². The average molecular weight is 235 g/mol. The number of rotatable bonds is 4. The van der Waals surface area contributed by atoms with Crippen molar-refractivity contribution in [1.29, 1.82) is 0 Å². The van der Waals surface area contributed by atoms with Crippen LogP contribution in [0, 0.1) is 5.82 Å². The van der Waals surface area contributed by atoms with Crippen molar-refractivity contribution >= 4 is 0 Å². The molecule has 0 amide bonds. The molecule has 0 aromatic heterocycles. The van der Waals surface area contributed by atoms with E-state index < -0.39 is 0 Å². The minimum Gasteiger partial charge on any atom is -0.314 e. The quantitative estimate of drug-likeness (QED) is 0.835. The molecule has 0 aliphatic heterocycles. The molecular weight excluding hydrogens is 213 g/mol. The average Bonchev–Trinajstić information content (AvgIpc) is 2.37. The molecule has 2 atom stereocenters. The highest BCUT2D eigenvalue weighted by atomic mass is 19.1. The Bertz CT molecular complexity index is 351. The molecule has 0 radical (unpaired) electrons. The molecule has 1 aliphatic rings.